The molecule has 0 spiro atoms. The van der Waals surface area contributed by atoms with E-state index in [1.54, 1.807) is 49.4 Å². The van der Waals surface area contributed by atoms with Crippen LogP contribution < -0.4 is 20.3 Å². The van der Waals surface area contributed by atoms with Crippen molar-refractivity contribution in [2.75, 3.05) is 18.6 Å². The summed E-state index contributed by atoms with van der Waals surface area (Å²) in [7, 11) is 1.49. The Morgan fingerprint density at radius 1 is 1.06 bits per heavy atom. The molecule has 1 aromatic carbocycles. The second-order valence-electron chi connectivity index (χ2n) is 8.79. The number of benzene rings is 1. The molecule has 1 saturated carbocycles. The van der Waals surface area contributed by atoms with Gasteiger partial charge in [0.1, 0.15) is 17.3 Å². The Balaban J connectivity index is 1.69. The van der Waals surface area contributed by atoms with Crippen molar-refractivity contribution in [1.82, 2.24) is 10.6 Å². The number of carbonyl (C=O) groups is 3. The normalized spacial score (nSPS) is 14.6. The van der Waals surface area contributed by atoms with Gasteiger partial charge >= 0.3 is 0 Å². The molecule has 3 aromatic rings. The van der Waals surface area contributed by atoms with Gasteiger partial charge in [-0.3, -0.25) is 19.3 Å². The highest BCUT2D eigenvalue weighted by molar-refractivity contribution is 6.04. The summed E-state index contributed by atoms with van der Waals surface area (Å²) < 4.78 is 16.5. The van der Waals surface area contributed by atoms with Gasteiger partial charge in [0, 0.05) is 6.04 Å². The van der Waals surface area contributed by atoms with E-state index < -0.39 is 17.9 Å². The van der Waals surface area contributed by atoms with Crippen molar-refractivity contribution in [2.24, 2.45) is 0 Å². The van der Waals surface area contributed by atoms with E-state index in [4.69, 9.17) is 13.6 Å². The van der Waals surface area contributed by atoms with E-state index in [1.165, 1.54) is 24.3 Å². The van der Waals surface area contributed by atoms with Crippen LogP contribution in [-0.2, 0) is 9.59 Å². The molecular formula is C27H31N3O6. The molecule has 1 atom stereocenters. The SMILES string of the molecule is COc1ccccc1N(C(=O)CNC(=O)c1ccco1)[C@@H](C(=O)NC1CCCCC1)c1ccc(C)o1. The summed E-state index contributed by atoms with van der Waals surface area (Å²) in [6.07, 6.45) is 6.39. The molecule has 9 heteroatoms. The highest BCUT2D eigenvalue weighted by Crippen LogP contribution is 2.35. The van der Waals surface area contributed by atoms with Crippen LogP contribution in [0, 0.1) is 6.92 Å². The largest absolute Gasteiger partial charge is 0.495 e. The van der Waals surface area contributed by atoms with Gasteiger partial charge in [-0.25, -0.2) is 0 Å². The number of nitrogens with one attached hydrogen (secondary N) is 2. The van der Waals surface area contributed by atoms with Gasteiger partial charge in [-0.1, -0.05) is 31.4 Å². The topological polar surface area (TPSA) is 114 Å². The predicted molar refractivity (Wildman–Crippen MR) is 133 cm³/mol. The average Bonchev–Trinajstić information content (AvgIpc) is 3.58. The second kappa shape index (κ2) is 11.6. The van der Waals surface area contributed by atoms with Crippen LogP contribution in [-0.4, -0.2) is 37.4 Å². The first-order valence-corrected chi connectivity index (χ1v) is 12.1. The van der Waals surface area contributed by atoms with E-state index in [0.29, 0.717) is 23.0 Å². The van der Waals surface area contributed by atoms with Crippen molar-refractivity contribution >= 4 is 23.4 Å². The van der Waals surface area contributed by atoms with Gasteiger partial charge in [-0.2, -0.15) is 0 Å². The molecule has 0 bridgehead atoms. The minimum Gasteiger partial charge on any atom is -0.495 e. The van der Waals surface area contributed by atoms with Crippen LogP contribution in [0.2, 0.25) is 0 Å². The number of anilines is 1. The summed E-state index contributed by atoms with van der Waals surface area (Å²) >= 11 is 0. The number of rotatable bonds is 9. The molecule has 2 N–H and O–H groups in total. The van der Waals surface area contributed by atoms with Crippen LogP contribution >= 0.6 is 0 Å². The monoisotopic (exact) mass is 493 g/mol. The number of para-hydroxylation sites is 2. The maximum absolute atomic E-state index is 13.8. The van der Waals surface area contributed by atoms with E-state index in [-0.39, 0.29) is 24.3 Å². The van der Waals surface area contributed by atoms with Crippen LogP contribution in [0.4, 0.5) is 5.69 Å². The minimum absolute atomic E-state index is 0.0260. The number of nitrogens with zero attached hydrogens (tertiary/aromatic N) is 1. The first-order chi connectivity index (χ1) is 17.5. The molecule has 2 heterocycles. The molecule has 1 aliphatic carbocycles. The van der Waals surface area contributed by atoms with Gasteiger partial charge < -0.3 is 24.2 Å². The van der Waals surface area contributed by atoms with Gasteiger partial charge in [0.05, 0.1) is 25.6 Å². The Hall–Kier alpha value is -4.01. The van der Waals surface area contributed by atoms with E-state index in [1.807, 2.05) is 0 Å². The molecule has 1 aliphatic rings. The Kier molecular flexibility index (Phi) is 8.10. The Morgan fingerprint density at radius 3 is 2.50 bits per heavy atom. The summed E-state index contributed by atoms with van der Waals surface area (Å²) in [5, 5.41) is 5.70. The number of amides is 3. The second-order valence-corrected chi connectivity index (χ2v) is 8.79. The quantitative estimate of drug-likeness (QED) is 0.463. The van der Waals surface area contributed by atoms with Crippen LogP contribution in [0.1, 0.15) is 60.2 Å². The number of hydrogen-bond acceptors (Lipinski definition) is 6. The van der Waals surface area contributed by atoms with Crippen LogP contribution in [0.3, 0.4) is 0 Å². The first-order valence-electron chi connectivity index (χ1n) is 12.1. The highest BCUT2D eigenvalue weighted by atomic mass is 16.5. The minimum atomic E-state index is -1.11. The molecule has 0 radical (unpaired) electrons. The van der Waals surface area contributed by atoms with Crippen molar-refractivity contribution in [3.8, 4) is 5.75 Å². The molecule has 0 unspecified atom stereocenters. The smallest absolute Gasteiger partial charge is 0.287 e. The first kappa shape index (κ1) is 25.1. The Bertz CT molecular complexity index is 1180. The molecule has 0 saturated heterocycles. The van der Waals surface area contributed by atoms with E-state index in [0.717, 1.165) is 32.1 Å². The summed E-state index contributed by atoms with van der Waals surface area (Å²) in [6, 6.07) is 12.4. The summed E-state index contributed by atoms with van der Waals surface area (Å²) in [5.74, 6) is 0.00814. The fraction of sp³-hybridized carbons (Fsp3) is 0.370. The number of furan rings is 2. The lowest BCUT2D eigenvalue weighted by atomic mass is 9.95. The zero-order valence-electron chi connectivity index (χ0n) is 20.5. The fourth-order valence-electron chi connectivity index (χ4n) is 4.48. The number of hydrogen-bond donors (Lipinski definition) is 2. The lowest BCUT2D eigenvalue weighted by molar-refractivity contribution is -0.127. The van der Waals surface area contributed by atoms with Crippen LogP contribution in [0.25, 0.3) is 0 Å². The van der Waals surface area contributed by atoms with Crippen molar-refractivity contribution in [3.05, 3.63) is 72.1 Å². The third-order valence-corrected chi connectivity index (χ3v) is 6.25. The third kappa shape index (κ3) is 5.79. The van der Waals surface area contributed by atoms with Gasteiger partial charge in [-0.15, -0.1) is 0 Å². The summed E-state index contributed by atoms with van der Waals surface area (Å²) in [4.78, 5) is 41.2. The van der Waals surface area contributed by atoms with Crippen LogP contribution in [0.5, 0.6) is 5.75 Å². The van der Waals surface area contributed by atoms with Gasteiger partial charge in [-0.05, 0) is 56.2 Å². The predicted octanol–water partition coefficient (Wildman–Crippen LogP) is 4.14. The molecule has 2 aromatic heterocycles. The van der Waals surface area contributed by atoms with Gasteiger partial charge in [0.25, 0.3) is 11.8 Å². The molecular weight excluding hydrogens is 462 g/mol. The van der Waals surface area contributed by atoms with Crippen LogP contribution in [0.15, 0.2) is 63.6 Å². The van der Waals surface area contributed by atoms with Crippen molar-refractivity contribution in [1.29, 1.82) is 0 Å². The number of ether oxygens (including phenoxy) is 1. The zero-order chi connectivity index (χ0) is 25.5. The van der Waals surface area contributed by atoms with Crippen molar-refractivity contribution < 1.29 is 28.0 Å². The zero-order valence-corrected chi connectivity index (χ0v) is 20.5. The average molecular weight is 494 g/mol. The maximum Gasteiger partial charge on any atom is 0.287 e. The molecule has 36 heavy (non-hydrogen) atoms. The molecule has 190 valence electrons. The molecule has 1 fully saturated rings. The van der Waals surface area contributed by atoms with Gasteiger partial charge in [0.2, 0.25) is 5.91 Å². The number of aryl methyl sites for hydroxylation is 1. The highest BCUT2D eigenvalue weighted by Gasteiger charge is 2.37. The van der Waals surface area contributed by atoms with Gasteiger partial charge in [0.15, 0.2) is 11.8 Å². The lowest BCUT2D eigenvalue weighted by Crippen LogP contribution is -2.49. The van der Waals surface area contributed by atoms with Crippen molar-refractivity contribution in [2.45, 2.75) is 51.1 Å². The summed E-state index contributed by atoms with van der Waals surface area (Å²) in [5.41, 5.74) is 0.384. The van der Waals surface area contributed by atoms with E-state index in [9.17, 15) is 14.4 Å². The summed E-state index contributed by atoms with van der Waals surface area (Å²) in [6.45, 7) is 1.41. The van der Waals surface area contributed by atoms with E-state index >= 15 is 0 Å². The third-order valence-electron chi connectivity index (χ3n) is 6.25. The maximum atomic E-state index is 13.8. The molecule has 4 rings (SSSR count). The molecule has 3 amide bonds. The standard InChI is InChI=1S/C27H31N3O6/c1-18-14-15-22(36-18)25(27(33)29-19-9-4-3-5-10-19)30(20-11-6-7-12-21(20)34-2)24(31)17-28-26(32)23-13-8-16-35-23/h6-8,11-16,19,25H,3-5,9-10,17H2,1-2H3,(H,28,32)(H,29,33)/t25-/m1/s1. The Labute approximate surface area is 209 Å². The van der Waals surface area contributed by atoms with Crippen molar-refractivity contribution in [3.63, 3.8) is 0 Å². The number of carbonyl (C=O) groups excluding carboxylic acids is 3. The number of methoxy groups -OCH3 is 1. The molecule has 0 aliphatic heterocycles. The van der Waals surface area contributed by atoms with E-state index in [2.05, 4.69) is 10.6 Å². The molecule has 9 nitrogen and oxygen atoms in total. The lowest BCUT2D eigenvalue weighted by Gasteiger charge is -2.32. The Morgan fingerprint density at radius 2 is 1.83 bits per heavy atom. The fourth-order valence-corrected chi connectivity index (χ4v) is 4.48.